The number of hydrogen-bond donors (Lipinski definition) is 1. The third-order valence-corrected chi connectivity index (χ3v) is 2.67. The standard InChI is InChI=1S/C10H7F3O2/c11-7-3-1-2-6(4-7)9(8(14)15)5-10(9,12)13/h1-4H,5H2,(H,14,15). The second kappa shape index (κ2) is 2.74. The Balaban J connectivity index is 2.50. The van der Waals surface area contributed by atoms with E-state index in [9.17, 15) is 18.0 Å². The van der Waals surface area contributed by atoms with Gasteiger partial charge >= 0.3 is 5.97 Å². The summed E-state index contributed by atoms with van der Waals surface area (Å²) in [4.78, 5) is 10.8. The Kier molecular flexibility index (Phi) is 1.83. The molecule has 1 fully saturated rings. The largest absolute Gasteiger partial charge is 0.480 e. The lowest BCUT2D eigenvalue weighted by Crippen LogP contribution is -2.27. The highest BCUT2D eigenvalue weighted by Gasteiger charge is 2.77. The summed E-state index contributed by atoms with van der Waals surface area (Å²) < 4.78 is 38.8. The smallest absolute Gasteiger partial charge is 0.320 e. The number of alkyl halides is 2. The van der Waals surface area contributed by atoms with E-state index in [4.69, 9.17) is 5.11 Å². The van der Waals surface area contributed by atoms with E-state index in [0.717, 1.165) is 12.1 Å². The first kappa shape index (κ1) is 10.0. The van der Waals surface area contributed by atoms with Crippen LogP contribution in [0.25, 0.3) is 0 Å². The molecule has 0 amide bonds. The van der Waals surface area contributed by atoms with Gasteiger partial charge in [-0.3, -0.25) is 4.79 Å². The molecule has 2 nitrogen and oxygen atoms in total. The molecule has 80 valence electrons. The maximum Gasteiger partial charge on any atom is 0.320 e. The van der Waals surface area contributed by atoms with Gasteiger partial charge in [0.05, 0.1) is 0 Å². The summed E-state index contributed by atoms with van der Waals surface area (Å²) in [6.45, 7) is 0. The van der Waals surface area contributed by atoms with Crippen LogP contribution in [0.3, 0.4) is 0 Å². The number of aliphatic carboxylic acids is 1. The monoisotopic (exact) mass is 216 g/mol. The molecule has 1 N–H and O–H groups in total. The van der Waals surface area contributed by atoms with Crippen LogP contribution < -0.4 is 0 Å². The van der Waals surface area contributed by atoms with Crippen LogP contribution in [-0.2, 0) is 10.2 Å². The zero-order valence-corrected chi connectivity index (χ0v) is 7.51. The summed E-state index contributed by atoms with van der Waals surface area (Å²) in [6, 6.07) is 4.36. The third-order valence-electron chi connectivity index (χ3n) is 2.67. The normalized spacial score (nSPS) is 27.4. The lowest BCUT2D eigenvalue weighted by molar-refractivity contribution is -0.142. The van der Waals surface area contributed by atoms with Gasteiger partial charge in [-0.15, -0.1) is 0 Å². The molecule has 0 aromatic heterocycles. The summed E-state index contributed by atoms with van der Waals surface area (Å²) in [5.74, 6) is -5.61. The van der Waals surface area contributed by atoms with E-state index in [1.807, 2.05) is 0 Å². The van der Waals surface area contributed by atoms with Crippen molar-refractivity contribution in [1.29, 1.82) is 0 Å². The molecule has 0 aliphatic heterocycles. The van der Waals surface area contributed by atoms with Gasteiger partial charge < -0.3 is 5.11 Å². The Labute approximate surface area is 83.3 Å². The molecule has 0 heterocycles. The highest BCUT2D eigenvalue weighted by Crippen LogP contribution is 2.61. The Hall–Kier alpha value is -1.52. The van der Waals surface area contributed by atoms with E-state index < -0.39 is 29.5 Å². The first-order chi connectivity index (χ1) is 6.90. The lowest BCUT2D eigenvalue weighted by Gasteiger charge is -2.11. The highest BCUT2D eigenvalue weighted by atomic mass is 19.3. The Bertz CT molecular complexity index is 430. The van der Waals surface area contributed by atoms with Crippen LogP contribution >= 0.6 is 0 Å². The second-order valence-corrected chi connectivity index (χ2v) is 3.60. The van der Waals surface area contributed by atoms with Crippen LogP contribution in [0.1, 0.15) is 12.0 Å². The molecule has 1 unspecified atom stereocenters. The Morgan fingerprint density at radius 2 is 2.00 bits per heavy atom. The molecular weight excluding hydrogens is 209 g/mol. The predicted octanol–water partition coefficient (Wildman–Crippen LogP) is 2.19. The summed E-state index contributed by atoms with van der Waals surface area (Å²) >= 11 is 0. The Morgan fingerprint density at radius 1 is 1.40 bits per heavy atom. The fourth-order valence-corrected chi connectivity index (χ4v) is 1.71. The van der Waals surface area contributed by atoms with Gasteiger partial charge in [0.1, 0.15) is 5.82 Å². The van der Waals surface area contributed by atoms with Gasteiger partial charge in [-0.05, 0) is 17.7 Å². The molecule has 0 bridgehead atoms. The van der Waals surface area contributed by atoms with E-state index in [1.165, 1.54) is 12.1 Å². The van der Waals surface area contributed by atoms with Crippen molar-refractivity contribution in [2.45, 2.75) is 17.8 Å². The van der Waals surface area contributed by atoms with Gasteiger partial charge in [-0.25, -0.2) is 13.2 Å². The van der Waals surface area contributed by atoms with Gasteiger partial charge in [-0.2, -0.15) is 0 Å². The molecule has 1 saturated carbocycles. The molecule has 0 radical (unpaired) electrons. The molecule has 0 saturated heterocycles. The molecule has 0 spiro atoms. The first-order valence-corrected chi connectivity index (χ1v) is 4.27. The van der Waals surface area contributed by atoms with Crippen molar-refractivity contribution in [2.24, 2.45) is 0 Å². The number of carboxylic acid groups (broad SMARTS) is 1. The van der Waals surface area contributed by atoms with Crippen molar-refractivity contribution in [2.75, 3.05) is 0 Å². The minimum atomic E-state index is -3.29. The minimum Gasteiger partial charge on any atom is -0.480 e. The molecule has 5 heteroatoms. The van der Waals surface area contributed by atoms with Crippen molar-refractivity contribution in [3.63, 3.8) is 0 Å². The van der Waals surface area contributed by atoms with Crippen molar-refractivity contribution in [3.05, 3.63) is 35.6 Å². The second-order valence-electron chi connectivity index (χ2n) is 3.60. The maximum absolute atomic E-state index is 13.0. The van der Waals surface area contributed by atoms with Gasteiger partial charge in [0.15, 0.2) is 5.41 Å². The number of halogens is 3. The third kappa shape index (κ3) is 1.22. The molecule has 1 aromatic carbocycles. The molecular formula is C10H7F3O2. The number of hydrogen-bond acceptors (Lipinski definition) is 1. The molecule has 15 heavy (non-hydrogen) atoms. The fourth-order valence-electron chi connectivity index (χ4n) is 1.71. The predicted molar refractivity (Wildman–Crippen MR) is 45.3 cm³/mol. The van der Waals surface area contributed by atoms with Crippen LogP contribution in [-0.4, -0.2) is 17.0 Å². The average molecular weight is 216 g/mol. The Morgan fingerprint density at radius 3 is 2.40 bits per heavy atom. The van der Waals surface area contributed by atoms with Crippen LogP contribution in [0.15, 0.2) is 24.3 Å². The number of carboxylic acids is 1. The topological polar surface area (TPSA) is 37.3 Å². The number of benzene rings is 1. The van der Waals surface area contributed by atoms with Crippen molar-refractivity contribution >= 4 is 5.97 Å². The van der Waals surface area contributed by atoms with E-state index in [-0.39, 0.29) is 5.56 Å². The number of rotatable bonds is 2. The summed E-state index contributed by atoms with van der Waals surface area (Å²) in [5.41, 5.74) is -2.41. The van der Waals surface area contributed by atoms with E-state index in [0.29, 0.717) is 0 Å². The molecule has 1 aliphatic carbocycles. The quantitative estimate of drug-likeness (QED) is 0.822. The molecule has 2 rings (SSSR count). The lowest BCUT2D eigenvalue weighted by atomic mass is 9.95. The molecule has 1 aliphatic rings. The van der Waals surface area contributed by atoms with Crippen LogP contribution in [0.5, 0.6) is 0 Å². The molecule has 1 aromatic rings. The van der Waals surface area contributed by atoms with Crippen molar-refractivity contribution in [3.8, 4) is 0 Å². The van der Waals surface area contributed by atoms with Crippen LogP contribution in [0.2, 0.25) is 0 Å². The SMILES string of the molecule is O=C(O)C1(c2cccc(F)c2)CC1(F)F. The van der Waals surface area contributed by atoms with Crippen LogP contribution in [0.4, 0.5) is 13.2 Å². The van der Waals surface area contributed by atoms with Crippen LogP contribution in [0, 0.1) is 5.82 Å². The van der Waals surface area contributed by atoms with Crippen molar-refractivity contribution in [1.82, 2.24) is 0 Å². The van der Waals surface area contributed by atoms with Gasteiger partial charge in [0.2, 0.25) is 0 Å². The number of carbonyl (C=O) groups is 1. The average Bonchev–Trinajstić information content (AvgIpc) is 2.71. The van der Waals surface area contributed by atoms with Gasteiger partial charge in [0.25, 0.3) is 5.92 Å². The zero-order valence-electron chi connectivity index (χ0n) is 7.51. The van der Waals surface area contributed by atoms with Gasteiger partial charge in [0, 0.05) is 6.42 Å². The van der Waals surface area contributed by atoms with Gasteiger partial charge in [-0.1, -0.05) is 12.1 Å². The van der Waals surface area contributed by atoms with E-state index in [1.54, 1.807) is 0 Å². The van der Waals surface area contributed by atoms with E-state index in [2.05, 4.69) is 0 Å². The highest BCUT2D eigenvalue weighted by molar-refractivity contribution is 5.87. The summed E-state index contributed by atoms with van der Waals surface area (Å²) in [7, 11) is 0. The first-order valence-electron chi connectivity index (χ1n) is 4.27. The van der Waals surface area contributed by atoms with E-state index >= 15 is 0 Å². The summed E-state index contributed by atoms with van der Waals surface area (Å²) in [5, 5.41) is 8.78. The summed E-state index contributed by atoms with van der Waals surface area (Å²) in [6.07, 6.45) is -0.765. The fraction of sp³-hybridized carbons (Fsp3) is 0.300. The molecule has 1 atom stereocenters. The minimum absolute atomic E-state index is 0.181. The zero-order chi connectivity index (χ0) is 11.3. The maximum atomic E-state index is 13.0. The van der Waals surface area contributed by atoms with Crippen molar-refractivity contribution < 1.29 is 23.1 Å².